The molecule has 1 unspecified atom stereocenters. The van der Waals surface area contributed by atoms with Crippen LogP contribution in [0.4, 0.5) is 0 Å². The van der Waals surface area contributed by atoms with Gasteiger partial charge in [-0.2, -0.15) is 0 Å². The van der Waals surface area contributed by atoms with Gasteiger partial charge in [-0.05, 0) is 36.5 Å². The second-order valence-corrected chi connectivity index (χ2v) is 6.36. The molecule has 0 radical (unpaired) electrons. The number of methoxy groups -OCH3 is 1. The van der Waals surface area contributed by atoms with Crippen LogP contribution >= 0.6 is 0 Å². The summed E-state index contributed by atoms with van der Waals surface area (Å²) in [5.74, 6) is 1.56. The monoisotopic (exact) mass is 327 g/mol. The predicted molar refractivity (Wildman–Crippen MR) is 92.5 cm³/mol. The molecule has 0 bridgehead atoms. The highest BCUT2D eigenvalue weighted by molar-refractivity contribution is 5.76. The van der Waals surface area contributed by atoms with E-state index in [1.54, 1.807) is 13.4 Å². The fraction of sp³-hybridized carbons (Fsp3) is 0.450. The van der Waals surface area contributed by atoms with E-state index in [1.807, 2.05) is 23.1 Å². The average Bonchev–Trinajstić information content (AvgIpc) is 3.15. The van der Waals surface area contributed by atoms with E-state index in [4.69, 9.17) is 9.15 Å². The minimum atomic E-state index is 0.117. The lowest BCUT2D eigenvalue weighted by Gasteiger charge is -2.35. The number of piperidine rings is 1. The molecule has 1 aromatic heterocycles. The molecule has 1 saturated heterocycles. The summed E-state index contributed by atoms with van der Waals surface area (Å²) in [6.45, 7) is 1.63. The van der Waals surface area contributed by atoms with Crippen molar-refractivity contribution in [2.24, 2.45) is 5.92 Å². The number of carbonyl (C=O) groups is 1. The van der Waals surface area contributed by atoms with Gasteiger partial charge in [-0.25, -0.2) is 0 Å². The van der Waals surface area contributed by atoms with E-state index < -0.39 is 0 Å². The number of aryl methyl sites for hydroxylation is 1. The van der Waals surface area contributed by atoms with E-state index in [9.17, 15) is 4.79 Å². The molecule has 1 amide bonds. The van der Waals surface area contributed by atoms with Crippen molar-refractivity contribution in [3.05, 3.63) is 60.1 Å². The van der Waals surface area contributed by atoms with Crippen LogP contribution in [0, 0.1) is 5.92 Å². The molecule has 1 aromatic carbocycles. The molecule has 1 aliphatic rings. The van der Waals surface area contributed by atoms with Gasteiger partial charge in [-0.3, -0.25) is 4.79 Å². The van der Waals surface area contributed by atoms with E-state index in [0.29, 0.717) is 18.8 Å². The molecule has 1 atom stereocenters. The number of hydrogen-bond donors (Lipinski definition) is 0. The van der Waals surface area contributed by atoms with Crippen LogP contribution in [0.25, 0.3) is 0 Å². The van der Waals surface area contributed by atoms with Crippen LogP contribution in [0.2, 0.25) is 0 Å². The summed E-state index contributed by atoms with van der Waals surface area (Å²) in [4.78, 5) is 14.3. The minimum Gasteiger partial charge on any atom is -0.469 e. The van der Waals surface area contributed by atoms with Crippen molar-refractivity contribution in [1.29, 1.82) is 0 Å². The maximum absolute atomic E-state index is 12.4. The van der Waals surface area contributed by atoms with Gasteiger partial charge in [0.2, 0.25) is 5.91 Å². The number of ether oxygens (including phenoxy) is 1. The molecule has 4 nitrogen and oxygen atoms in total. The van der Waals surface area contributed by atoms with Crippen LogP contribution < -0.4 is 0 Å². The Hall–Kier alpha value is -2.07. The van der Waals surface area contributed by atoms with Crippen molar-refractivity contribution >= 4 is 5.91 Å². The molecule has 4 heteroatoms. The first-order valence-electron chi connectivity index (χ1n) is 8.66. The first kappa shape index (κ1) is 16.8. The van der Waals surface area contributed by atoms with Crippen molar-refractivity contribution in [2.75, 3.05) is 20.2 Å². The number of carbonyl (C=O) groups excluding carboxylic acids is 1. The van der Waals surface area contributed by atoms with Crippen molar-refractivity contribution < 1.29 is 13.9 Å². The minimum absolute atomic E-state index is 0.117. The van der Waals surface area contributed by atoms with Gasteiger partial charge in [0, 0.05) is 33.0 Å². The molecule has 0 saturated carbocycles. The van der Waals surface area contributed by atoms with Gasteiger partial charge in [0.15, 0.2) is 0 Å². The zero-order chi connectivity index (χ0) is 16.8. The van der Waals surface area contributed by atoms with Gasteiger partial charge in [0.05, 0.1) is 12.4 Å². The van der Waals surface area contributed by atoms with Gasteiger partial charge in [-0.15, -0.1) is 0 Å². The second kappa shape index (κ2) is 8.15. The normalized spacial score (nSPS) is 17.0. The predicted octanol–water partition coefficient (Wildman–Crippen LogP) is 3.84. The summed E-state index contributed by atoms with van der Waals surface area (Å²) < 4.78 is 11.0. The Morgan fingerprint density at radius 1 is 1.21 bits per heavy atom. The zero-order valence-corrected chi connectivity index (χ0v) is 14.2. The van der Waals surface area contributed by atoms with Crippen LogP contribution in [-0.4, -0.2) is 31.0 Å². The fourth-order valence-corrected chi connectivity index (χ4v) is 3.54. The molecule has 0 N–H and O–H groups in total. The largest absolute Gasteiger partial charge is 0.469 e. The molecule has 2 aromatic rings. The lowest BCUT2D eigenvalue weighted by Crippen LogP contribution is -2.40. The Morgan fingerprint density at radius 3 is 2.58 bits per heavy atom. The molecule has 0 aliphatic carbocycles. The number of amides is 1. The van der Waals surface area contributed by atoms with Gasteiger partial charge in [0.1, 0.15) is 5.76 Å². The SMILES string of the molecule is COC(c1ccccc1)C1CCN(C(=O)CCc2ccco2)CC1. The molecular formula is C20H25NO3. The third-order valence-corrected chi connectivity index (χ3v) is 4.87. The Kier molecular flexibility index (Phi) is 5.70. The molecule has 24 heavy (non-hydrogen) atoms. The molecular weight excluding hydrogens is 302 g/mol. The number of rotatable bonds is 6. The van der Waals surface area contributed by atoms with Crippen LogP contribution in [0.1, 0.15) is 36.7 Å². The highest BCUT2D eigenvalue weighted by Crippen LogP contribution is 2.33. The molecule has 2 heterocycles. The molecule has 3 rings (SSSR count). The van der Waals surface area contributed by atoms with E-state index in [1.165, 1.54) is 5.56 Å². The summed E-state index contributed by atoms with van der Waals surface area (Å²) in [5, 5.41) is 0. The van der Waals surface area contributed by atoms with Gasteiger partial charge in [-0.1, -0.05) is 30.3 Å². The molecule has 1 aliphatic heterocycles. The van der Waals surface area contributed by atoms with Crippen molar-refractivity contribution in [3.8, 4) is 0 Å². The standard InChI is InChI=1S/C20H25NO3/c1-23-20(16-6-3-2-4-7-16)17-11-13-21(14-12-17)19(22)10-9-18-8-5-15-24-18/h2-8,15,17,20H,9-14H2,1H3. The summed E-state index contributed by atoms with van der Waals surface area (Å²) in [6.07, 6.45) is 4.94. The number of likely N-dealkylation sites (tertiary alicyclic amines) is 1. The Balaban J connectivity index is 1.50. The highest BCUT2D eigenvalue weighted by Gasteiger charge is 2.29. The summed E-state index contributed by atoms with van der Waals surface area (Å²) in [7, 11) is 1.78. The maximum Gasteiger partial charge on any atom is 0.223 e. The molecule has 128 valence electrons. The number of hydrogen-bond acceptors (Lipinski definition) is 3. The zero-order valence-electron chi connectivity index (χ0n) is 14.2. The maximum atomic E-state index is 12.4. The third-order valence-electron chi connectivity index (χ3n) is 4.87. The van der Waals surface area contributed by atoms with Crippen molar-refractivity contribution in [2.45, 2.75) is 31.8 Å². The van der Waals surface area contributed by atoms with E-state index in [2.05, 4.69) is 24.3 Å². The Bertz CT molecular complexity index is 616. The smallest absolute Gasteiger partial charge is 0.223 e. The quantitative estimate of drug-likeness (QED) is 0.809. The lowest BCUT2D eigenvalue weighted by molar-refractivity contribution is -0.133. The lowest BCUT2D eigenvalue weighted by atomic mass is 9.87. The summed E-state index contributed by atoms with van der Waals surface area (Å²) in [6, 6.07) is 14.1. The summed E-state index contributed by atoms with van der Waals surface area (Å²) >= 11 is 0. The number of furan rings is 1. The van der Waals surface area contributed by atoms with E-state index in [-0.39, 0.29) is 12.0 Å². The Labute approximate surface area is 143 Å². The number of nitrogens with zero attached hydrogens (tertiary/aromatic N) is 1. The summed E-state index contributed by atoms with van der Waals surface area (Å²) in [5.41, 5.74) is 1.22. The molecule has 0 spiro atoms. The van der Waals surface area contributed by atoms with Crippen LogP contribution in [0.15, 0.2) is 53.1 Å². The highest BCUT2D eigenvalue weighted by atomic mass is 16.5. The van der Waals surface area contributed by atoms with Crippen LogP contribution in [0.3, 0.4) is 0 Å². The average molecular weight is 327 g/mol. The van der Waals surface area contributed by atoms with E-state index in [0.717, 1.165) is 31.7 Å². The second-order valence-electron chi connectivity index (χ2n) is 6.36. The first-order chi connectivity index (χ1) is 11.8. The van der Waals surface area contributed by atoms with Crippen molar-refractivity contribution in [1.82, 2.24) is 4.90 Å². The molecule has 1 fully saturated rings. The fourth-order valence-electron chi connectivity index (χ4n) is 3.54. The van der Waals surface area contributed by atoms with Gasteiger partial charge in [0.25, 0.3) is 0 Å². The topological polar surface area (TPSA) is 42.7 Å². The van der Waals surface area contributed by atoms with E-state index >= 15 is 0 Å². The number of benzene rings is 1. The van der Waals surface area contributed by atoms with Gasteiger partial charge >= 0.3 is 0 Å². The van der Waals surface area contributed by atoms with Gasteiger partial charge < -0.3 is 14.1 Å². The third kappa shape index (κ3) is 4.06. The van der Waals surface area contributed by atoms with Crippen LogP contribution in [-0.2, 0) is 16.0 Å². The van der Waals surface area contributed by atoms with Crippen molar-refractivity contribution in [3.63, 3.8) is 0 Å². The van der Waals surface area contributed by atoms with Crippen LogP contribution in [0.5, 0.6) is 0 Å². The first-order valence-corrected chi connectivity index (χ1v) is 8.66. The Morgan fingerprint density at radius 2 is 1.96 bits per heavy atom.